The number of carbonyl (C=O) groups excluding carboxylic acids is 1. The first kappa shape index (κ1) is 15.1. The van der Waals surface area contributed by atoms with E-state index in [1.54, 1.807) is 0 Å². The van der Waals surface area contributed by atoms with E-state index in [2.05, 4.69) is 10.4 Å². The smallest absolute Gasteiger partial charge is 0.325 e. The number of amides is 1. The fourth-order valence-electron chi connectivity index (χ4n) is 2.50. The Morgan fingerprint density at radius 3 is 2.87 bits per heavy atom. The first-order valence-electron chi connectivity index (χ1n) is 6.95. The van der Waals surface area contributed by atoms with Crippen LogP contribution < -0.4 is 5.32 Å². The van der Waals surface area contributed by atoms with Gasteiger partial charge in [0.2, 0.25) is 5.91 Å². The molecule has 1 aliphatic rings. The minimum absolute atomic E-state index is 0.196. The van der Waals surface area contributed by atoms with E-state index in [0.717, 1.165) is 18.2 Å². The van der Waals surface area contributed by atoms with Gasteiger partial charge in [0.15, 0.2) is 5.82 Å². The second-order valence-corrected chi connectivity index (χ2v) is 5.40. The van der Waals surface area contributed by atoms with E-state index < -0.39 is 23.5 Å². The van der Waals surface area contributed by atoms with Crippen molar-refractivity contribution >= 4 is 17.7 Å². The van der Waals surface area contributed by atoms with Gasteiger partial charge in [0.25, 0.3) is 0 Å². The Labute approximate surface area is 129 Å². The van der Waals surface area contributed by atoms with E-state index in [1.165, 1.54) is 16.9 Å². The second-order valence-electron chi connectivity index (χ2n) is 5.40. The lowest BCUT2D eigenvalue weighted by Crippen LogP contribution is -2.16. The summed E-state index contributed by atoms with van der Waals surface area (Å²) in [6, 6.07) is 4.66. The Bertz CT molecular complexity index is 775. The molecule has 0 bridgehead atoms. The van der Waals surface area contributed by atoms with Crippen molar-refractivity contribution < 1.29 is 23.5 Å². The Morgan fingerprint density at radius 1 is 1.35 bits per heavy atom. The standard InChI is InChI=1S/C15H13F2N3O3/c16-8-1-2-12(17)10(5-8)9-6-11(9)15(23)18-13-3-4-20(19-13)7-14(21)22/h1-5,9,11H,6-7H2,(H,21,22)(H,18,19,23)/t9-,11-/m1/s1. The topological polar surface area (TPSA) is 84.2 Å². The summed E-state index contributed by atoms with van der Waals surface area (Å²) in [5.74, 6) is -3.05. The average molecular weight is 321 g/mol. The molecule has 1 aromatic heterocycles. The molecule has 8 heteroatoms. The summed E-state index contributed by atoms with van der Waals surface area (Å²) in [6.07, 6.45) is 1.86. The molecule has 1 aromatic carbocycles. The van der Waals surface area contributed by atoms with Crippen LogP contribution in [0.3, 0.4) is 0 Å². The van der Waals surface area contributed by atoms with Gasteiger partial charge in [0.05, 0.1) is 0 Å². The molecule has 23 heavy (non-hydrogen) atoms. The number of rotatable bonds is 5. The summed E-state index contributed by atoms with van der Waals surface area (Å²) in [6.45, 7) is -0.309. The molecule has 0 unspecified atom stereocenters. The average Bonchev–Trinajstić information content (AvgIpc) is 3.17. The van der Waals surface area contributed by atoms with E-state index in [1.807, 2.05) is 0 Å². The molecule has 120 valence electrons. The largest absolute Gasteiger partial charge is 0.480 e. The van der Waals surface area contributed by atoms with Crippen molar-refractivity contribution in [1.29, 1.82) is 0 Å². The Hall–Kier alpha value is -2.77. The minimum atomic E-state index is -1.05. The zero-order chi connectivity index (χ0) is 16.6. The molecule has 2 atom stereocenters. The molecule has 3 rings (SSSR count). The number of halogens is 2. The van der Waals surface area contributed by atoms with Crippen LogP contribution in [0.4, 0.5) is 14.6 Å². The van der Waals surface area contributed by atoms with E-state index >= 15 is 0 Å². The Kier molecular flexibility index (Phi) is 3.81. The minimum Gasteiger partial charge on any atom is -0.480 e. The normalized spacial score (nSPS) is 19.4. The predicted octanol–water partition coefficient (Wildman–Crippen LogP) is 1.99. The molecule has 1 aliphatic carbocycles. The first-order valence-corrected chi connectivity index (χ1v) is 6.95. The van der Waals surface area contributed by atoms with Crippen molar-refractivity contribution in [2.24, 2.45) is 5.92 Å². The first-order chi connectivity index (χ1) is 10.9. The fourth-order valence-corrected chi connectivity index (χ4v) is 2.50. The summed E-state index contributed by atoms with van der Waals surface area (Å²) >= 11 is 0. The van der Waals surface area contributed by atoms with Gasteiger partial charge in [-0.25, -0.2) is 8.78 Å². The number of aliphatic carboxylic acids is 1. The highest BCUT2D eigenvalue weighted by molar-refractivity contribution is 5.94. The van der Waals surface area contributed by atoms with Crippen molar-refractivity contribution in [3.05, 3.63) is 47.7 Å². The van der Waals surface area contributed by atoms with Gasteiger partial charge >= 0.3 is 5.97 Å². The molecular weight excluding hydrogens is 308 g/mol. The van der Waals surface area contributed by atoms with Gasteiger partial charge in [-0.2, -0.15) is 5.10 Å². The number of hydrogen-bond acceptors (Lipinski definition) is 3. The maximum atomic E-state index is 13.7. The van der Waals surface area contributed by atoms with Crippen LogP contribution in [-0.2, 0) is 16.1 Å². The van der Waals surface area contributed by atoms with Crippen molar-refractivity contribution in [3.8, 4) is 0 Å². The molecule has 1 amide bonds. The summed E-state index contributed by atoms with van der Waals surface area (Å²) in [4.78, 5) is 22.7. The zero-order valence-corrected chi connectivity index (χ0v) is 11.9. The molecule has 6 nitrogen and oxygen atoms in total. The third-order valence-corrected chi connectivity index (χ3v) is 3.67. The van der Waals surface area contributed by atoms with Crippen LogP contribution >= 0.6 is 0 Å². The lowest BCUT2D eigenvalue weighted by atomic mass is 10.1. The van der Waals surface area contributed by atoms with Gasteiger partial charge < -0.3 is 10.4 Å². The van der Waals surface area contributed by atoms with Crippen LogP contribution in [-0.4, -0.2) is 26.8 Å². The number of carboxylic acids is 1. The molecule has 0 aliphatic heterocycles. The summed E-state index contributed by atoms with van der Waals surface area (Å²) in [7, 11) is 0. The number of benzene rings is 1. The lowest BCUT2D eigenvalue weighted by molar-refractivity contribution is -0.137. The molecular formula is C15H13F2N3O3. The third-order valence-electron chi connectivity index (χ3n) is 3.67. The lowest BCUT2D eigenvalue weighted by Gasteiger charge is -2.04. The van der Waals surface area contributed by atoms with E-state index in [9.17, 15) is 18.4 Å². The molecule has 1 heterocycles. The van der Waals surface area contributed by atoms with Crippen LogP contribution in [0.1, 0.15) is 17.9 Å². The summed E-state index contributed by atoms with van der Waals surface area (Å²) in [5.41, 5.74) is 0.196. The molecule has 0 spiro atoms. The van der Waals surface area contributed by atoms with Crippen molar-refractivity contribution in [2.45, 2.75) is 18.9 Å². The van der Waals surface area contributed by atoms with Crippen LogP contribution in [0.15, 0.2) is 30.5 Å². The predicted molar refractivity (Wildman–Crippen MR) is 75.7 cm³/mol. The SMILES string of the molecule is O=C(O)Cn1ccc(NC(=O)[C@@H]2C[C@@H]2c2cc(F)ccc2F)n1. The van der Waals surface area contributed by atoms with E-state index in [0.29, 0.717) is 6.42 Å². The van der Waals surface area contributed by atoms with Gasteiger partial charge in [-0.05, 0) is 36.1 Å². The van der Waals surface area contributed by atoms with Gasteiger partial charge in [-0.1, -0.05) is 0 Å². The molecule has 2 N–H and O–H groups in total. The van der Waals surface area contributed by atoms with Crippen LogP contribution in [0, 0.1) is 17.6 Å². The molecule has 0 saturated heterocycles. The number of carbonyl (C=O) groups is 2. The van der Waals surface area contributed by atoms with Crippen molar-refractivity contribution in [3.63, 3.8) is 0 Å². The maximum absolute atomic E-state index is 13.7. The highest BCUT2D eigenvalue weighted by Crippen LogP contribution is 2.48. The summed E-state index contributed by atoms with van der Waals surface area (Å²) < 4.78 is 28.0. The fraction of sp³-hybridized carbons (Fsp3) is 0.267. The maximum Gasteiger partial charge on any atom is 0.325 e. The van der Waals surface area contributed by atoms with Crippen LogP contribution in [0.25, 0.3) is 0 Å². The number of anilines is 1. The highest BCUT2D eigenvalue weighted by Gasteiger charge is 2.45. The van der Waals surface area contributed by atoms with E-state index in [4.69, 9.17) is 5.11 Å². The van der Waals surface area contributed by atoms with Crippen LogP contribution in [0.2, 0.25) is 0 Å². The Morgan fingerprint density at radius 2 is 2.13 bits per heavy atom. The van der Waals surface area contributed by atoms with Crippen molar-refractivity contribution in [1.82, 2.24) is 9.78 Å². The van der Waals surface area contributed by atoms with Crippen molar-refractivity contribution in [2.75, 3.05) is 5.32 Å². The Balaban J connectivity index is 1.63. The van der Waals surface area contributed by atoms with Gasteiger partial charge in [-0.15, -0.1) is 0 Å². The molecule has 0 radical (unpaired) electrons. The third kappa shape index (κ3) is 3.36. The highest BCUT2D eigenvalue weighted by atomic mass is 19.1. The van der Waals surface area contributed by atoms with Gasteiger partial charge in [0, 0.05) is 18.2 Å². The monoisotopic (exact) mass is 321 g/mol. The van der Waals surface area contributed by atoms with Gasteiger partial charge in [-0.3, -0.25) is 14.3 Å². The quantitative estimate of drug-likeness (QED) is 0.882. The van der Waals surface area contributed by atoms with E-state index in [-0.39, 0.29) is 29.8 Å². The number of aromatic nitrogens is 2. The second kappa shape index (κ2) is 5.79. The molecule has 1 saturated carbocycles. The zero-order valence-electron chi connectivity index (χ0n) is 11.9. The van der Waals surface area contributed by atoms with Gasteiger partial charge in [0.1, 0.15) is 18.2 Å². The number of nitrogens with one attached hydrogen (secondary N) is 1. The summed E-state index contributed by atoms with van der Waals surface area (Å²) in [5, 5.41) is 15.1. The van der Waals surface area contributed by atoms with Crippen LogP contribution in [0.5, 0.6) is 0 Å². The number of nitrogens with zero attached hydrogens (tertiary/aromatic N) is 2. The number of hydrogen-bond donors (Lipinski definition) is 2. The molecule has 2 aromatic rings. The molecule has 1 fully saturated rings. The number of carboxylic acid groups (broad SMARTS) is 1.